The molecule has 1 atom stereocenters. The highest BCUT2D eigenvalue weighted by Crippen LogP contribution is 2.22. The number of carbonyl (C=O) groups is 1. The molecule has 1 aromatic heterocycles. The number of rotatable bonds is 3. The van der Waals surface area contributed by atoms with Crippen molar-refractivity contribution >= 4 is 22.2 Å². The van der Waals surface area contributed by atoms with Crippen LogP contribution in [0.3, 0.4) is 0 Å². The minimum Gasteiger partial charge on any atom is -0.379 e. The van der Waals surface area contributed by atoms with Gasteiger partial charge in [0.05, 0.1) is 25.3 Å². The molecule has 0 radical (unpaired) electrons. The first kappa shape index (κ1) is 13.0. The zero-order valence-corrected chi connectivity index (χ0v) is 11.0. The Balaban J connectivity index is 1.91. The lowest BCUT2D eigenvalue weighted by molar-refractivity contribution is -0.119. The molecule has 1 amide bonds. The number of nitrogens with one attached hydrogen (secondary N) is 1. The van der Waals surface area contributed by atoms with Crippen LogP contribution in [0.1, 0.15) is 12.5 Å². The molecule has 5 nitrogen and oxygen atoms in total. The van der Waals surface area contributed by atoms with E-state index in [1.165, 1.54) is 11.3 Å². The fraction of sp³-hybridized carbons (Fsp3) is 0.500. The first-order valence-electron chi connectivity index (χ1n) is 5.80. The fourth-order valence-electron chi connectivity index (χ4n) is 1.84. The van der Waals surface area contributed by atoms with E-state index < -0.39 is 0 Å². The summed E-state index contributed by atoms with van der Waals surface area (Å²) in [6, 6.07) is 4.01. The van der Waals surface area contributed by atoms with Gasteiger partial charge in [-0.2, -0.15) is 5.26 Å². The zero-order chi connectivity index (χ0) is 13.0. The molecule has 1 fully saturated rings. The quantitative estimate of drug-likeness (QED) is 0.894. The second kappa shape index (κ2) is 5.96. The van der Waals surface area contributed by atoms with Crippen LogP contribution in [-0.4, -0.2) is 43.2 Å². The molecule has 1 aromatic rings. The molecule has 18 heavy (non-hydrogen) atoms. The predicted molar refractivity (Wildman–Crippen MR) is 69.5 cm³/mol. The van der Waals surface area contributed by atoms with Crippen molar-refractivity contribution in [2.75, 3.05) is 31.6 Å². The summed E-state index contributed by atoms with van der Waals surface area (Å²) in [5.41, 5.74) is 0.517. The lowest BCUT2D eigenvalue weighted by Crippen LogP contribution is -2.47. The fourth-order valence-corrected chi connectivity index (χ4v) is 2.59. The van der Waals surface area contributed by atoms with Crippen molar-refractivity contribution in [3.05, 3.63) is 17.0 Å². The standard InChI is InChI=1S/C12H15N3O2S/c1-9-8-17-4-3-15(9)7-11(16)14-12-10(6-13)2-5-18-12/h2,5,9H,3-4,7-8H2,1H3,(H,14,16). The molecule has 1 aliphatic rings. The summed E-state index contributed by atoms with van der Waals surface area (Å²) in [4.78, 5) is 14.0. The van der Waals surface area contributed by atoms with Gasteiger partial charge in [-0.25, -0.2) is 0 Å². The Morgan fingerprint density at radius 1 is 1.78 bits per heavy atom. The Bertz CT molecular complexity index is 466. The number of hydrogen-bond donors (Lipinski definition) is 1. The maximum atomic E-state index is 11.9. The Hall–Kier alpha value is -1.42. The molecule has 2 heterocycles. The maximum Gasteiger partial charge on any atom is 0.239 e. The van der Waals surface area contributed by atoms with Gasteiger partial charge in [0.15, 0.2) is 0 Å². The van der Waals surface area contributed by atoms with Gasteiger partial charge in [-0.3, -0.25) is 9.69 Å². The van der Waals surface area contributed by atoms with Gasteiger partial charge in [0.25, 0.3) is 0 Å². The van der Waals surface area contributed by atoms with E-state index in [1.54, 1.807) is 11.4 Å². The molecule has 0 spiro atoms. The number of carbonyl (C=O) groups excluding carboxylic acids is 1. The summed E-state index contributed by atoms with van der Waals surface area (Å²) in [6.45, 7) is 4.48. The highest BCUT2D eigenvalue weighted by Gasteiger charge is 2.21. The van der Waals surface area contributed by atoms with E-state index >= 15 is 0 Å². The van der Waals surface area contributed by atoms with E-state index in [0.717, 1.165) is 6.54 Å². The molecule has 6 heteroatoms. The summed E-state index contributed by atoms with van der Waals surface area (Å²) in [5, 5.41) is 14.1. The Labute approximate surface area is 110 Å². The summed E-state index contributed by atoms with van der Waals surface area (Å²) in [5.74, 6) is -0.0808. The van der Waals surface area contributed by atoms with Gasteiger partial charge in [-0.1, -0.05) is 0 Å². The number of ether oxygens (including phenoxy) is 1. The molecular weight excluding hydrogens is 250 g/mol. The van der Waals surface area contributed by atoms with Crippen LogP contribution in [-0.2, 0) is 9.53 Å². The van der Waals surface area contributed by atoms with E-state index in [9.17, 15) is 4.79 Å². The van der Waals surface area contributed by atoms with Crippen molar-refractivity contribution in [2.45, 2.75) is 13.0 Å². The zero-order valence-electron chi connectivity index (χ0n) is 10.2. The van der Waals surface area contributed by atoms with E-state index in [4.69, 9.17) is 10.00 Å². The van der Waals surface area contributed by atoms with Crippen LogP contribution in [0.4, 0.5) is 5.00 Å². The minimum absolute atomic E-state index is 0.0808. The largest absolute Gasteiger partial charge is 0.379 e. The molecule has 1 aliphatic heterocycles. The lowest BCUT2D eigenvalue weighted by Gasteiger charge is -2.32. The normalized spacial score (nSPS) is 20.3. The number of nitrogens with zero attached hydrogens (tertiary/aromatic N) is 2. The average molecular weight is 265 g/mol. The first-order chi connectivity index (χ1) is 8.70. The van der Waals surface area contributed by atoms with Gasteiger partial charge in [0.2, 0.25) is 5.91 Å². The van der Waals surface area contributed by atoms with Crippen molar-refractivity contribution in [3.63, 3.8) is 0 Å². The number of anilines is 1. The van der Waals surface area contributed by atoms with Crippen LogP contribution in [0.2, 0.25) is 0 Å². The summed E-state index contributed by atoms with van der Waals surface area (Å²) < 4.78 is 5.32. The smallest absolute Gasteiger partial charge is 0.239 e. The number of morpholine rings is 1. The molecule has 1 N–H and O–H groups in total. The summed E-state index contributed by atoms with van der Waals surface area (Å²) in [7, 11) is 0. The van der Waals surface area contributed by atoms with Gasteiger partial charge in [-0.15, -0.1) is 11.3 Å². The van der Waals surface area contributed by atoms with E-state index in [2.05, 4.69) is 16.3 Å². The molecule has 0 aromatic carbocycles. The highest BCUT2D eigenvalue weighted by atomic mass is 32.1. The Kier molecular flexibility index (Phi) is 4.31. The number of amides is 1. The molecule has 96 valence electrons. The number of nitriles is 1. The predicted octanol–water partition coefficient (Wildman–Crippen LogP) is 1.28. The second-order valence-electron chi connectivity index (χ2n) is 4.22. The van der Waals surface area contributed by atoms with Crippen molar-refractivity contribution < 1.29 is 9.53 Å². The average Bonchev–Trinajstić information content (AvgIpc) is 2.79. The van der Waals surface area contributed by atoms with E-state index in [-0.39, 0.29) is 11.9 Å². The minimum atomic E-state index is -0.0808. The van der Waals surface area contributed by atoms with E-state index in [1.807, 2.05) is 6.92 Å². The van der Waals surface area contributed by atoms with Crippen molar-refractivity contribution in [3.8, 4) is 6.07 Å². The molecule has 2 rings (SSSR count). The SMILES string of the molecule is CC1COCCN1CC(=O)Nc1sccc1C#N. The highest BCUT2D eigenvalue weighted by molar-refractivity contribution is 7.14. The van der Waals surface area contributed by atoms with E-state index in [0.29, 0.717) is 30.3 Å². The first-order valence-corrected chi connectivity index (χ1v) is 6.68. The number of hydrogen-bond acceptors (Lipinski definition) is 5. The van der Waals surface area contributed by atoms with Gasteiger partial charge in [0, 0.05) is 12.6 Å². The molecule has 0 saturated carbocycles. The second-order valence-corrected chi connectivity index (χ2v) is 5.13. The van der Waals surface area contributed by atoms with Crippen LogP contribution in [0.5, 0.6) is 0 Å². The van der Waals surface area contributed by atoms with Crippen LogP contribution < -0.4 is 5.32 Å². The monoisotopic (exact) mass is 265 g/mol. The summed E-state index contributed by atoms with van der Waals surface area (Å²) >= 11 is 1.37. The number of thiophene rings is 1. The van der Waals surface area contributed by atoms with Crippen molar-refractivity contribution in [2.24, 2.45) is 0 Å². The topological polar surface area (TPSA) is 65.4 Å². The van der Waals surface area contributed by atoms with Gasteiger partial charge >= 0.3 is 0 Å². The van der Waals surface area contributed by atoms with Gasteiger partial charge < -0.3 is 10.1 Å². The molecule has 1 unspecified atom stereocenters. The van der Waals surface area contributed by atoms with Crippen LogP contribution in [0.15, 0.2) is 11.4 Å². The van der Waals surface area contributed by atoms with Crippen molar-refractivity contribution in [1.29, 1.82) is 5.26 Å². The molecule has 1 saturated heterocycles. The molecular formula is C12H15N3O2S. The Morgan fingerprint density at radius 3 is 3.33 bits per heavy atom. The Morgan fingerprint density at radius 2 is 2.61 bits per heavy atom. The summed E-state index contributed by atoms with van der Waals surface area (Å²) in [6.07, 6.45) is 0. The molecule has 0 bridgehead atoms. The maximum absolute atomic E-state index is 11.9. The van der Waals surface area contributed by atoms with Crippen LogP contribution in [0.25, 0.3) is 0 Å². The third-order valence-corrected chi connectivity index (χ3v) is 3.72. The lowest BCUT2D eigenvalue weighted by atomic mass is 10.2. The van der Waals surface area contributed by atoms with Crippen LogP contribution >= 0.6 is 11.3 Å². The molecule has 0 aliphatic carbocycles. The van der Waals surface area contributed by atoms with Crippen molar-refractivity contribution in [1.82, 2.24) is 4.90 Å². The van der Waals surface area contributed by atoms with Crippen LogP contribution in [0, 0.1) is 11.3 Å². The third-order valence-electron chi connectivity index (χ3n) is 2.89. The van der Waals surface area contributed by atoms with Gasteiger partial charge in [-0.05, 0) is 18.4 Å². The van der Waals surface area contributed by atoms with Gasteiger partial charge in [0.1, 0.15) is 11.1 Å². The third kappa shape index (κ3) is 3.07.